The first kappa shape index (κ1) is 13.5. The van der Waals surface area contributed by atoms with Crippen molar-refractivity contribution in [3.05, 3.63) is 35.6 Å². The topological polar surface area (TPSA) is 34.1 Å². The Kier molecular flexibility index (Phi) is 3.97. The standard InChI is InChI=1S/C11H14ClFO2S/c1-11(2,8-16(12,14)15)7-9-3-5-10(13)6-4-9/h3-6H,7-8H2,1-2H3. The van der Waals surface area contributed by atoms with Gasteiger partial charge in [0.15, 0.2) is 0 Å². The summed E-state index contributed by atoms with van der Waals surface area (Å²) in [4.78, 5) is 0. The van der Waals surface area contributed by atoms with Gasteiger partial charge in [-0.05, 0) is 29.5 Å². The molecular weight excluding hydrogens is 251 g/mol. The predicted molar refractivity (Wildman–Crippen MR) is 63.5 cm³/mol. The molecule has 2 nitrogen and oxygen atoms in total. The molecule has 1 aromatic rings. The fourth-order valence-electron chi connectivity index (χ4n) is 1.67. The van der Waals surface area contributed by atoms with Crippen LogP contribution in [0.1, 0.15) is 19.4 Å². The predicted octanol–water partition coefficient (Wildman–Crippen LogP) is 2.96. The highest BCUT2D eigenvalue weighted by Crippen LogP contribution is 2.25. The van der Waals surface area contributed by atoms with E-state index in [1.165, 1.54) is 12.1 Å². The van der Waals surface area contributed by atoms with E-state index in [1.54, 1.807) is 12.1 Å². The zero-order valence-electron chi connectivity index (χ0n) is 9.20. The number of rotatable bonds is 4. The molecule has 16 heavy (non-hydrogen) atoms. The van der Waals surface area contributed by atoms with Gasteiger partial charge in [-0.1, -0.05) is 26.0 Å². The minimum Gasteiger partial charge on any atom is -0.212 e. The fourth-order valence-corrected chi connectivity index (χ4v) is 3.59. The Morgan fingerprint density at radius 2 is 1.75 bits per heavy atom. The number of hydrogen-bond donors (Lipinski definition) is 0. The molecule has 5 heteroatoms. The number of hydrogen-bond acceptors (Lipinski definition) is 2. The molecule has 0 spiro atoms. The molecule has 0 heterocycles. The van der Waals surface area contributed by atoms with Crippen molar-refractivity contribution in [1.82, 2.24) is 0 Å². The zero-order chi connectivity index (χ0) is 12.4. The van der Waals surface area contributed by atoms with Gasteiger partial charge < -0.3 is 0 Å². The molecule has 0 amide bonds. The highest BCUT2D eigenvalue weighted by molar-refractivity contribution is 8.13. The van der Waals surface area contributed by atoms with Crippen molar-refractivity contribution in [2.75, 3.05) is 5.75 Å². The maximum atomic E-state index is 12.7. The Morgan fingerprint density at radius 3 is 2.19 bits per heavy atom. The second-order valence-corrected chi connectivity index (χ2v) is 7.43. The fraction of sp³-hybridized carbons (Fsp3) is 0.455. The zero-order valence-corrected chi connectivity index (χ0v) is 10.8. The van der Waals surface area contributed by atoms with Crippen molar-refractivity contribution in [2.24, 2.45) is 5.41 Å². The summed E-state index contributed by atoms with van der Waals surface area (Å²) in [5.41, 5.74) is 0.435. The molecule has 0 aliphatic carbocycles. The molecule has 0 aliphatic rings. The van der Waals surface area contributed by atoms with E-state index in [9.17, 15) is 12.8 Å². The van der Waals surface area contributed by atoms with Crippen LogP contribution in [0.25, 0.3) is 0 Å². The van der Waals surface area contributed by atoms with Crippen LogP contribution in [0.5, 0.6) is 0 Å². The molecule has 0 fully saturated rings. The van der Waals surface area contributed by atoms with Gasteiger partial charge in [-0.3, -0.25) is 0 Å². The SMILES string of the molecule is CC(C)(Cc1ccc(F)cc1)CS(=O)(=O)Cl. The van der Waals surface area contributed by atoms with Gasteiger partial charge in [0.05, 0.1) is 5.75 Å². The van der Waals surface area contributed by atoms with E-state index in [0.29, 0.717) is 6.42 Å². The summed E-state index contributed by atoms with van der Waals surface area (Å²) in [6.07, 6.45) is 0.541. The lowest BCUT2D eigenvalue weighted by Crippen LogP contribution is -2.23. The first-order chi connectivity index (χ1) is 7.18. The van der Waals surface area contributed by atoms with E-state index < -0.39 is 14.5 Å². The summed E-state index contributed by atoms with van der Waals surface area (Å²) in [5, 5.41) is 0. The normalized spacial score (nSPS) is 12.8. The minimum absolute atomic E-state index is 0.0983. The van der Waals surface area contributed by atoms with Crippen molar-refractivity contribution in [3.8, 4) is 0 Å². The van der Waals surface area contributed by atoms with Gasteiger partial charge in [-0.15, -0.1) is 0 Å². The van der Waals surface area contributed by atoms with E-state index in [4.69, 9.17) is 10.7 Å². The molecule has 1 rings (SSSR count). The quantitative estimate of drug-likeness (QED) is 0.784. The van der Waals surface area contributed by atoms with Gasteiger partial charge in [-0.25, -0.2) is 12.8 Å². The molecule has 0 bridgehead atoms. The lowest BCUT2D eigenvalue weighted by molar-refractivity contribution is 0.411. The van der Waals surface area contributed by atoms with E-state index in [2.05, 4.69) is 0 Å². The lowest BCUT2D eigenvalue weighted by Gasteiger charge is -2.22. The van der Waals surface area contributed by atoms with E-state index in [1.807, 2.05) is 13.8 Å². The number of benzene rings is 1. The Hall–Kier alpha value is -0.610. The molecule has 0 atom stereocenters. The van der Waals surface area contributed by atoms with Crippen LogP contribution in [-0.2, 0) is 15.5 Å². The summed E-state index contributed by atoms with van der Waals surface area (Å²) in [5.74, 6) is -0.398. The summed E-state index contributed by atoms with van der Waals surface area (Å²) >= 11 is 0. The largest absolute Gasteiger partial charge is 0.233 e. The van der Waals surface area contributed by atoms with Crippen molar-refractivity contribution >= 4 is 19.7 Å². The average Bonchev–Trinajstić information content (AvgIpc) is 2.04. The van der Waals surface area contributed by atoms with Gasteiger partial charge >= 0.3 is 0 Å². The molecule has 0 aromatic heterocycles. The van der Waals surface area contributed by atoms with Crippen LogP contribution in [0.3, 0.4) is 0 Å². The third-order valence-corrected chi connectivity index (χ3v) is 3.61. The van der Waals surface area contributed by atoms with Crippen molar-refractivity contribution in [3.63, 3.8) is 0 Å². The first-order valence-corrected chi connectivity index (χ1v) is 7.33. The summed E-state index contributed by atoms with van der Waals surface area (Å²) in [6.45, 7) is 3.63. The molecule has 0 saturated carbocycles. The second kappa shape index (κ2) is 4.72. The maximum Gasteiger partial charge on any atom is 0.233 e. The Balaban J connectivity index is 2.76. The Bertz CT molecular complexity index is 451. The van der Waals surface area contributed by atoms with Crippen LogP contribution in [0.15, 0.2) is 24.3 Å². The molecular formula is C11H14ClFO2S. The van der Waals surface area contributed by atoms with Crippen LogP contribution < -0.4 is 0 Å². The van der Waals surface area contributed by atoms with Gasteiger partial charge in [-0.2, -0.15) is 0 Å². The second-order valence-electron chi connectivity index (χ2n) is 4.65. The van der Waals surface area contributed by atoms with E-state index in [0.717, 1.165) is 5.56 Å². The maximum absolute atomic E-state index is 12.7. The average molecular weight is 265 g/mol. The van der Waals surface area contributed by atoms with Crippen molar-refractivity contribution in [2.45, 2.75) is 20.3 Å². The van der Waals surface area contributed by atoms with Gasteiger partial charge in [0.25, 0.3) is 0 Å². The number of halogens is 2. The minimum atomic E-state index is -3.51. The Labute approximate surface area is 99.9 Å². The molecule has 0 saturated heterocycles. The van der Waals surface area contributed by atoms with Crippen molar-refractivity contribution in [1.29, 1.82) is 0 Å². The van der Waals surface area contributed by atoms with E-state index in [-0.39, 0.29) is 11.6 Å². The van der Waals surface area contributed by atoms with Crippen LogP contribution in [-0.4, -0.2) is 14.2 Å². The monoisotopic (exact) mass is 264 g/mol. The Morgan fingerprint density at radius 1 is 1.25 bits per heavy atom. The molecule has 0 N–H and O–H groups in total. The van der Waals surface area contributed by atoms with Crippen LogP contribution in [0.2, 0.25) is 0 Å². The van der Waals surface area contributed by atoms with Gasteiger partial charge in [0.1, 0.15) is 5.82 Å². The van der Waals surface area contributed by atoms with Gasteiger partial charge in [0.2, 0.25) is 9.05 Å². The lowest BCUT2D eigenvalue weighted by atomic mass is 9.88. The molecule has 0 aliphatic heterocycles. The van der Waals surface area contributed by atoms with Crippen LogP contribution >= 0.6 is 10.7 Å². The smallest absolute Gasteiger partial charge is 0.212 e. The van der Waals surface area contributed by atoms with Crippen molar-refractivity contribution < 1.29 is 12.8 Å². The van der Waals surface area contributed by atoms with E-state index >= 15 is 0 Å². The third kappa shape index (κ3) is 4.94. The highest BCUT2D eigenvalue weighted by atomic mass is 35.7. The summed E-state index contributed by atoms with van der Waals surface area (Å²) in [6, 6.07) is 6.02. The highest BCUT2D eigenvalue weighted by Gasteiger charge is 2.25. The third-order valence-electron chi connectivity index (χ3n) is 2.16. The van der Waals surface area contributed by atoms with Crippen LogP contribution in [0.4, 0.5) is 4.39 Å². The molecule has 90 valence electrons. The summed E-state index contributed by atoms with van der Waals surface area (Å²) < 4.78 is 34.7. The molecule has 0 radical (unpaired) electrons. The summed E-state index contributed by atoms with van der Waals surface area (Å²) in [7, 11) is 1.71. The molecule has 1 aromatic carbocycles. The van der Waals surface area contributed by atoms with Gasteiger partial charge in [0, 0.05) is 10.7 Å². The molecule has 0 unspecified atom stereocenters. The first-order valence-electron chi connectivity index (χ1n) is 4.85. The van der Waals surface area contributed by atoms with Crippen LogP contribution in [0, 0.1) is 11.2 Å².